The van der Waals surface area contributed by atoms with Crippen LogP contribution in [0.1, 0.15) is 31.8 Å². The highest BCUT2D eigenvalue weighted by molar-refractivity contribution is 6.06. The van der Waals surface area contributed by atoms with Crippen molar-refractivity contribution in [2.75, 3.05) is 19.4 Å². The second-order valence-electron chi connectivity index (χ2n) is 5.89. The highest BCUT2D eigenvalue weighted by Crippen LogP contribution is 2.21. The van der Waals surface area contributed by atoms with Crippen molar-refractivity contribution in [2.24, 2.45) is 5.73 Å². The maximum absolute atomic E-state index is 13.4. The fourth-order valence-electron chi connectivity index (χ4n) is 2.35. The Morgan fingerprint density at radius 2 is 1.88 bits per heavy atom. The first-order valence-electron chi connectivity index (χ1n) is 7.43. The zero-order valence-electron chi connectivity index (χ0n) is 13.9. The summed E-state index contributed by atoms with van der Waals surface area (Å²) >= 11 is 0. The number of hydrogen-bond acceptors (Lipinski definition) is 3. The minimum absolute atomic E-state index is 0.246. The maximum atomic E-state index is 13.4. The van der Waals surface area contributed by atoms with Gasteiger partial charge in [-0.1, -0.05) is 12.1 Å². The second-order valence-corrected chi connectivity index (χ2v) is 5.89. The number of benzene rings is 2. The van der Waals surface area contributed by atoms with Crippen molar-refractivity contribution in [1.29, 1.82) is 0 Å². The van der Waals surface area contributed by atoms with E-state index in [9.17, 15) is 14.0 Å². The Hall–Kier alpha value is -2.73. The van der Waals surface area contributed by atoms with Crippen LogP contribution in [0.2, 0.25) is 0 Å². The van der Waals surface area contributed by atoms with E-state index in [0.717, 1.165) is 5.56 Å². The molecule has 126 valence electrons. The normalized spacial score (nSPS) is 10.7. The molecule has 0 aromatic heterocycles. The van der Waals surface area contributed by atoms with Crippen LogP contribution in [-0.4, -0.2) is 30.8 Å². The van der Waals surface area contributed by atoms with Gasteiger partial charge in [0.2, 0.25) is 5.91 Å². The smallest absolute Gasteiger partial charge is 0.256 e. The van der Waals surface area contributed by atoms with Crippen molar-refractivity contribution < 1.29 is 14.0 Å². The zero-order chi connectivity index (χ0) is 17.9. The number of carbonyl (C=O) groups is 2. The Kier molecular flexibility index (Phi) is 5.31. The van der Waals surface area contributed by atoms with E-state index in [4.69, 9.17) is 5.73 Å². The zero-order valence-corrected chi connectivity index (χ0v) is 13.9. The van der Waals surface area contributed by atoms with E-state index in [1.54, 1.807) is 25.1 Å². The summed E-state index contributed by atoms with van der Waals surface area (Å²) in [7, 11) is 3.79. The molecular formula is C18H20FN3O2. The molecule has 0 aliphatic rings. The molecule has 0 aliphatic heterocycles. The summed E-state index contributed by atoms with van der Waals surface area (Å²) in [5, 5.41) is 2.76. The fourth-order valence-corrected chi connectivity index (χ4v) is 2.35. The van der Waals surface area contributed by atoms with Gasteiger partial charge in [0.25, 0.3) is 5.91 Å². The monoisotopic (exact) mass is 329 g/mol. The van der Waals surface area contributed by atoms with Crippen LogP contribution in [0.3, 0.4) is 0 Å². The molecule has 3 N–H and O–H groups in total. The summed E-state index contributed by atoms with van der Waals surface area (Å²) in [6, 6.07) is 8.93. The van der Waals surface area contributed by atoms with Crippen LogP contribution in [0.25, 0.3) is 0 Å². The largest absolute Gasteiger partial charge is 0.366 e. The molecule has 0 bridgehead atoms. The molecule has 5 nitrogen and oxygen atoms in total. The Balaban J connectivity index is 2.38. The van der Waals surface area contributed by atoms with Crippen molar-refractivity contribution in [3.05, 3.63) is 64.5 Å². The molecule has 2 rings (SSSR count). The van der Waals surface area contributed by atoms with E-state index in [0.29, 0.717) is 23.4 Å². The van der Waals surface area contributed by atoms with Crippen LogP contribution in [-0.2, 0) is 6.54 Å². The van der Waals surface area contributed by atoms with Crippen molar-refractivity contribution in [3.8, 4) is 0 Å². The lowest BCUT2D eigenvalue weighted by molar-refractivity contribution is 0.0996. The molecule has 0 unspecified atom stereocenters. The number of nitrogens with zero attached hydrogens (tertiary/aromatic N) is 1. The lowest BCUT2D eigenvalue weighted by Gasteiger charge is -2.16. The first-order chi connectivity index (χ1) is 11.3. The van der Waals surface area contributed by atoms with Crippen LogP contribution in [0, 0.1) is 12.7 Å². The molecule has 2 aromatic carbocycles. The lowest BCUT2D eigenvalue weighted by Crippen LogP contribution is -2.19. The summed E-state index contributed by atoms with van der Waals surface area (Å²) in [5.41, 5.74) is 7.82. The van der Waals surface area contributed by atoms with Gasteiger partial charge in [-0.05, 0) is 56.4 Å². The molecule has 0 spiro atoms. The standard InChI is InChI=1S/C18H20FN3O2/c1-11-4-7-14(19)9-15(11)18(24)21-16-8-12(17(20)23)5-6-13(16)10-22(2)3/h4-9H,10H2,1-3H3,(H2,20,23)(H,21,24). The summed E-state index contributed by atoms with van der Waals surface area (Å²) < 4.78 is 13.4. The number of hydrogen-bond donors (Lipinski definition) is 2. The van der Waals surface area contributed by atoms with Gasteiger partial charge in [0.05, 0.1) is 0 Å². The van der Waals surface area contributed by atoms with E-state index in [1.807, 2.05) is 19.0 Å². The van der Waals surface area contributed by atoms with Crippen LogP contribution in [0.5, 0.6) is 0 Å². The summed E-state index contributed by atoms with van der Waals surface area (Å²) in [6.45, 7) is 2.30. The van der Waals surface area contributed by atoms with Gasteiger partial charge >= 0.3 is 0 Å². The number of primary amides is 1. The fraction of sp³-hybridized carbons (Fsp3) is 0.222. The molecule has 0 fully saturated rings. The van der Waals surface area contributed by atoms with E-state index in [1.165, 1.54) is 18.2 Å². The molecule has 0 aliphatic carbocycles. The highest BCUT2D eigenvalue weighted by Gasteiger charge is 2.14. The number of aryl methyl sites for hydroxylation is 1. The third-order valence-corrected chi connectivity index (χ3v) is 3.57. The molecule has 0 atom stereocenters. The molecule has 0 radical (unpaired) electrons. The number of rotatable bonds is 5. The Morgan fingerprint density at radius 1 is 1.17 bits per heavy atom. The van der Waals surface area contributed by atoms with Crippen molar-refractivity contribution in [1.82, 2.24) is 4.90 Å². The number of carbonyl (C=O) groups excluding carboxylic acids is 2. The number of amides is 2. The van der Waals surface area contributed by atoms with Gasteiger partial charge in [-0.25, -0.2) is 4.39 Å². The van der Waals surface area contributed by atoms with Crippen molar-refractivity contribution >= 4 is 17.5 Å². The van der Waals surface area contributed by atoms with Gasteiger partial charge in [0.15, 0.2) is 0 Å². The number of nitrogens with one attached hydrogen (secondary N) is 1. The third kappa shape index (κ3) is 4.17. The van der Waals surface area contributed by atoms with E-state index >= 15 is 0 Å². The maximum Gasteiger partial charge on any atom is 0.256 e. The summed E-state index contributed by atoms with van der Waals surface area (Å²) in [6.07, 6.45) is 0. The molecule has 2 amide bonds. The molecule has 2 aromatic rings. The van der Waals surface area contributed by atoms with Gasteiger partial charge in [-0.2, -0.15) is 0 Å². The average molecular weight is 329 g/mol. The predicted molar refractivity (Wildman–Crippen MR) is 91.4 cm³/mol. The molecule has 24 heavy (non-hydrogen) atoms. The SMILES string of the molecule is Cc1ccc(F)cc1C(=O)Nc1cc(C(N)=O)ccc1CN(C)C. The van der Waals surface area contributed by atoms with E-state index in [-0.39, 0.29) is 5.56 Å². The number of anilines is 1. The van der Waals surface area contributed by atoms with Crippen LogP contribution < -0.4 is 11.1 Å². The molecule has 6 heteroatoms. The Morgan fingerprint density at radius 3 is 2.50 bits per heavy atom. The van der Waals surface area contributed by atoms with Gasteiger partial charge in [0.1, 0.15) is 5.82 Å². The van der Waals surface area contributed by atoms with Crippen molar-refractivity contribution in [2.45, 2.75) is 13.5 Å². The van der Waals surface area contributed by atoms with Crippen LogP contribution in [0.4, 0.5) is 10.1 Å². The van der Waals surface area contributed by atoms with Gasteiger partial charge in [0, 0.05) is 23.4 Å². The molecule has 0 saturated carbocycles. The number of halogens is 1. The topological polar surface area (TPSA) is 75.4 Å². The summed E-state index contributed by atoms with van der Waals surface area (Å²) in [5.74, 6) is -1.50. The Labute approximate surface area is 140 Å². The minimum Gasteiger partial charge on any atom is -0.366 e. The first kappa shape index (κ1) is 17.6. The third-order valence-electron chi connectivity index (χ3n) is 3.57. The molecule has 0 heterocycles. The first-order valence-corrected chi connectivity index (χ1v) is 7.43. The van der Waals surface area contributed by atoms with Crippen LogP contribution >= 0.6 is 0 Å². The minimum atomic E-state index is -0.580. The van der Waals surface area contributed by atoms with E-state index in [2.05, 4.69) is 5.32 Å². The molecular weight excluding hydrogens is 309 g/mol. The molecule has 0 saturated heterocycles. The van der Waals surface area contributed by atoms with Gasteiger partial charge in [-0.3, -0.25) is 9.59 Å². The van der Waals surface area contributed by atoms with Gasteiger partial charge < -0.3 is 16.0 Å². The van der Waals surface area contributed by atoms with Crippen molar-refractivity contribution in [3.63, 3.8) is 0 Å². The predicted octanol–water partition coefficient (Wildman–Crippen LogP) is 2.55. The van der Waals surface area contributed by atoms with Crippen LogP contribution in [0.15, 0.2) is 36.4 Å². The highest BCUT2D eigenvalue weighted by atomic mass is 19.1. The lowest BCUT2D eigenvalue weighted by atomic mass is 10.1. The van der Waals surface area contributed by atoms with E-state index < -0.39 is 17.6 Å². The van der Waals surface area contributed by atoms with Gasteiger partial charge in [-0.15, -0.1) is 0 Å². The Bertz CT molecular complexity index is 788. The summed E-state index contributed by atoms with van der Waals surface area (Å²) in [4.78, 5) is 25.8. The quantitative estimate of drug-likeness (QED) is 0.885. The number of nitrogens with two attached hydrogens (primary N) is 1. The average Bonchev–Trinajstić information content (AvgIpc) is 2.50. The second kappa shape index (κ2) is 7.23.